The second kappa shape index (κ2) is 6.76. The van der Waals surface area contributed by atoms with E-state index < -0.39 is 4.92 Å². The van der Waals surface area contributed by atoms with Crippen LogP contribution in [0, 0.1) is 15.9 Å². The molecule has 1 heterocycles. The highest BCUT2D eigenvalue weighted by atomic mass is 19.1. The molecule has 7 heteroatoms. The van der Waals surface area contributed by atoms with E-state index in [0.717, 1.165) is 5.56 Å². The lowest BCUT2D eigenvalue weighted by Crippen LogP contribution is -2.42. The van der Waals surface area contributed by atoms with Gasteiger partial charge >= 0.3 is 0 Å². The van der Waals surface area contributed by atoms with Crippen LogP contribution >= 0.6 is 0 Å². The van der Waals surface area contributed by atoms with Gasteiger partial charge in [-0.2, -0.15) is 0 Å². The number of hydrogen-bond acceptors (Lipinski definition) is 4. The first-order valence-electron chi connectivity index (χ1n) is 7.45. The third kappa shape index (κ3) is 3.41. The molecule has 2 aromatic carbocycles. The molecule has 124 valence electrons. The second-order valence-electron chi connectivity index (χ2n) is 5.47. The van der Waals surface area contributed by atoms with Crippen molar-refractivity contribution in [1.29, 1.82) is 0 Å². The van der Waals surface area contributed by atoms with Crippen molar-refractivity contribution >= 4 is 11.6 Å². The van der Waals surface area contributed by atoms with Gasteiger partial charge in [0, 0.05) is 24.2 Å². The summed E-state index contributed by atoms with van der Waals surface area (Å²) in [4.78, 5) is 24.4. The molecule has 0 spiro atoms. The molecule has 1 atom stereocenters. The molecule has 0 aromatic heterocycles. The van der Waals surface area contributed by atoms with Crippen molar-refractivity contribution in [2.75, 3.05) is 19.7 Å². The number of carbonyl (C=O) groups is 1. The van der Waals surface area contributed by atoms with Crippen molar-refractivity contribution in [3.05, 3.63) is 75.6 Å². The van der Waals surface area contributed by atoms with E-state index in [2.05, 4.69) is 0 Å². The molecule has 1 aliphatic rings. The molecule has 24 heavy (non-hydrogen) atoms. The monoisotopic (exact) mass is 330 g/mol. The van der Waals surface area contributed by atoms with E-state index in [1.807, 2.05) is 0 Å². The van der Waals surface area contributed by atoms with Gasteiger partial charge in [-0.15, -0.1) is 0 Å². The fourth-order valence-corrected chi connectivity index (χ4v) is 2.62. The summed E-state index contributed by atoms with van der Waals surface area (Å²) in [6, 6.07) is 11.5. The van der Waals surface area contributed by atoms with Crippen molar-refractivity contribution in [3.63, 3.8) is 0 Å². The number of nitrogens with zero attached hydrogens (tertiary/aromatic N) is 2. The van der Waals surface area contributed by atoms with Crippen molar-refractivity contribution in [1.82, 2.24) is 4.90 Å². The molecular formula is C17H15FN2O4. The smallest absolute Gasteiger partial charge is 0.269 e. The molecule has 2 aromatic rings. The summed E-state index contributed by atoms with van der Waals surface area (Å²) in [5.74, 6) is -0.534. The predicted molar refractivity (Wildman–Crippen MR) is 84.1 cm³/mol. The van der Waals surface area contributed by atoms with Crippen LogP contribution in [0.1, 0.15) is 22.0 Å². The van der Waals surface area contributed by atoms with Gasteiger partial charge < -0.3 is 9.64 Å². The quantitative estimate of drug-likeness (QED) is 0.641. The maximum absolute atomic E-state index is 13.0. The summed E-state index contributed by atoms with van der Waals surface area (Å²) in [6.07, 6.45) is -0.318. The van der Waals surface area contributed by atoms with Crippen LogP contribution < -0.4 is 0 Å². The van der Waals surface area contributed by atoms with Crippen LogP contribution in [0.25, 0.3) is 0 Å². The Morgan fingerprint density at radius 2 is 1.83 bits per heavy atom. The molecule has 1 fully saturated rings. The van der Waals surface area contributed by atoms with Gasteiger partial charge in [0.2, 0.25) is 0 Å². The van der Waals surface area contributed by atoms with Crippen LogP contribution in [0.5, 0.6) is 0 Å². The first kappa shape index (κ1) is 16.1. The molecular weight excluding hydrogens is 315 g/mol. The van der Waals surface area contributed by atoms with Gasteiger partial charge in [-0.25, -0.2) is 4.39 Å². The van der Waals surface area contributed by atoms with Crippen molar-refractivity contribution < 1.29 is 18.8 Å². The maximum atomic E-state index is 13.0. The number of nitro benzene ring substituents is 1. The van der Waals surface area contributed by atoms with Gasteiger partial charge in [-0.3, -0.25) is 14.9 Å². The number of nitro groups is 1. The molecule has 1 saturated heterocycles. The van der Waals surface area contributed by atoms with Gasteiger partial charge in [-0.1, -0.05) is 12.1 Å². The summed E-state index contributed by atoms with van der Waals surface area (Å²) in [6.45, 7) is 1.16. The molecule has 0 aliphatic carbocycles. The fourth-order valence-electron chi connectivity index (χ4n) is 2.62. The number of carbonyl (C=O) groups excluding carboxylic acids is 1. The summed E-state index contributed by atoms with van der Waals surface area (Å²) >= 11 is 0. The number of non-ortho nitro benzene ring substituents is 1. The van der Waals surface area contributed by atoms with Crippen molar-refractivity contribution in [2.24, 2.45) is 0 Å². The molecule has 0 bridgehead atoms. The predicted octanol–water partition coefficient (Wildman–Crippen LogP) is 2.95. The van der Waals surface area contributed by atoms with Crippen molar-refractivity contribution in [2.45, 2.75) is 6.10 Å². The summed E-state index contributed by atoms with van der Waals surface area (Å²) in [7, 11) is 0. The molecule has 1 amide bonds. The Labute approximate surface area is 137 Å². The van der Waals surface area contributed by atoms with Gasteiger partial charge in [0.15, 0.2) is 0 Å². The Morgan fingerprint density at radius 3 is 2.46 bits per heavy atom. The summed E-state index contributed by atoms with van der Waals surface area (Å²) in [5, 5.41) is 10.7. The largest absolute Gasteiger partial charge is 0.370 e. The fraction of sp³-hybridized carbons (Fsp3) is 0.235. The highest BCUT2D eigenvalue weighted by Gasteiger charge is 2.26. The van der Waals surface area contributed by atoms with Crippen molar-refractivity contribution in [3.8, 4) is 0 Å². The number of benzene rings is 2. The molecule has 1 unspecified atom stereocenters. The van der Waals surface area contributed by atoms with Gasteiger partial charge in [0.25, 0.3) is 11.6 Å². The zero-order valence-corrected chi connectivity index (χ0v) is 12.7. The lowest BCUT2D eigenvalue weighted by Gasteiger charge is -2.33. The number of rotatable bonds is 3. The minimum Gasteiger partial charge on any atom is -0.370 e. The Morgan fingerprint density at radius 1 is 1.17 bits per heavy atom. The van der Waals surface area contributed by atoms with E-state index in [1.165, 1.54) is 36.4 Å². The molecule has 1 aliphatic heterocycles. The average molecular weight is 330 g/mol. The Hall–Kier alpha value is -2.80. The number of halogens is 1. The van der Waals surface area contributed by atoms with Gasteiger partial charge in [0.05, 0.1) is 18.1 Å². The normalized spacial score (nSPS) is 17.5. The van der Waals surface area contributed by atoms with Crippen LogP contribution in [0.3, 0.4) is 0 Å². The number of ether oxygens (including phenoxy) is 1. The average Bonchev–Trinajstić information content (AvgIpc) is 2.62. The van der Waals surface area contributed by atoms with Gasteiger partial charge in [-0.05, 0) is 29.8 Å². The SMILES string of the molecule is O=C(c1ccc([N+](=O)[O-])cc1)N1CCOC(c2ccc(F)cc2)C1. The molecule has 0 saturated carbocycles. The van der Waals surface area contributed by atoms with E-state index in [9.17, 15) is 19.3 Å². The lowest BCUT2D eigenvalue weighted by molar-refractivity contribution is -0.384. The van der Waals surface area contributed by atoms with E-state index >= 15 is 0 Å². The van der Waals surface area contributed by atoms with Crippen LogP contribution in [0.2, 0.25) is 0 Å². The minimum absolute atomic E-state index is 0.0577. The third-order valence-corrected chi connectivity index (χ3v) is 3.92. The molecule has 0 N–H and O–H groups in total. The molecule has 0 radical (unpaired) electrons. The first-order valence-corrected chi connectivity index (χ1v) is 7.45. The number of hydrogen-bond donors (Lipinski definition) is 0. The van der Waals surface area contributed by atoms with Crippen LogP contribution in [-0.2, 0) is 4.74 Å². The van der Waals surface area contributed by atoms with Crippen LogP contribution in [0.4, 0.5) is 10.1 Å². The third-order valence-electron chi connectivity index (χ3n) is 3.92. The molecule has 6 nitrogen and oxygen atoms in total. The Balaban J connectivity index is 1.72. The Kier molecular flexibility index (Phi) is 4.52. The van der Waals surface area contributed by atoms with Crippen LogP contribution in [-0.4, -0.2) is 35.4 Å². The topological polar surface area (TPSA) is 72.7 Å². The Bertz CT molecular complexity index is 746. The number of morpholine rings is 1. The van der Waals surface area contributed by atoms with E-state index in [4.69, 9.17) is 4.74 Å². The second-order valence-corrected chi connectivity index (χ2v) is 5.47. The lowest BCUT2D eigenvalue weighted by atomic mass is 10.1. The standard InChI is InChI=1S/C17H15FN2O4/c18-14-5-1-12(2-6-14)16-11-19(9-10-24-16)17(21)13-3-7-15(8-4-13)20(22)23/h1-8,16H,9-11H2. The molecule has 3 rings (SSSR count). The van der Waals surface area contributed by atoms with Crippen LogP contribution in [0.15, 0.2) is 48.5 Å². The highest BCUT2D eigenvalue weighted by Crippen LogP contribution is 2.24. The maximum Gasteiger partial charge on any atom is 0.269 e. The van der Waals surface area contributed by atoms with E-state index in [-0.39, 0.29) is 23.5 Å². The van der Waals surface area contributed by atoms with E-state index in [1.54, 1.807) is 17.0 Å². The van der Waals surface area contributed by atoms with Gasteiger partial charge in [0.1, 0.15) is 11.9 Å². The zero-order chi connectivity index (χ0) is 17.1. The summed E-state index contributed by atoms with van der Waals surface area (Å²) < 4.78 is 18.7. The number of amides is 1. The minimum atomic E-state index is -0.506. The highest BCUT2D eigenvalue weighted by molar-refractivity contribution is 5.94. The first-order chi connectivity index (χ1) is 11.5. The zero-order valence-electron chi connectivity index (χ0n) is 12.7. The van der Waals surface area contributed by atoms with E-state index in [0.29, 0.717) is 25.3 Å². The summed E-state index contributed by atoms with van der Waals surface area (Å²) in [5.41, 5.74) is 1.13.